The van der Waals surface area contributed by atoms with Crippen LogP contribution in [0.3, 0.4) is 0 Å². The van der Waals surface area contributed by atoms with E-state index in [-0.39, 0.29) is 12.1 Å². The molecule has 5 heteroatoms. The van der Waals surface area contributed by atoms with Crippen molar-refractivity contribution in [2.75, 3.05) is 7.05 Å². The SMILES string of the molecule is Cc1ccsc1C1C(c2ccccn2)NC(=S)N1C. The second-order valence-electron chi connectivity index (χ2n) is 4.71. The number of thiocarbonyl (C=S) groups is 1. The van der Waals surface area contributed by atoms with Crippen LogP contribution in [0, 0.1) is 6.92 Å². The summed E-state index contributed by atoms with van der Waals surface area (Å²) >= 11 is 7.19. The molecule has 2 aromatic rings. The molecular weight excluding hydrogens is 274 g/mol. The number of likely N-dealkylation sites (N-methyl/N-ethyl adjacent to an activating group) is 1. The van der Waals surface area contributed by atoms with Crippen LogP contribution in [-0.4, -0.2) is 22.0 Å². The predicted molar refractivity (Wildman–Crippen MR) is 82.3 cm³/mol. The third-order valence-electron chi connectivity index (χ3n) is 3.51. The van der Waals surface area contributed by atoms with Gasteiger partial charge < -0.3 is 10.2 Å². The fourth-order valence-electron chi connectivity index (χ4n) is 2.47. The van der Waals surface area contributed by atoms with Crippen molar-refractivity contribution in [1.29, 1.82) is 0 Å². The maximum Gasteiger partial charge on any atom is 0.169 e. The summed E-state index contributed by atoms with van der Waals surface area (Å²) in [4.78, 5) is 7.96. The second-order valence-corrected chi connectivity index (χ2v) is 6.04. The minimum atomic E-state index is 0.121. The number of pyridine rings is 1. The minimum absolute atomic E-state index is 0.121. The first-order valence-corrected chi connectivity index (χ1v) is 7.45. The first-order chi connectivity index (χ1) is 9.18. The first kappa shape index (κ1) is 12.6. The highest BCUT2D eigenvalue weighted by molar-refractivity contribution is 7.80. The van der Waals surface area contributed by atoms with Gasteiger partial charge in [0, 0.05) is 18.1 Å². The van der Waals surface area contributed by atoms with Crippen molar-refractivity contribution in [1.82, 2.24) is 15.2 Å². The molecule has 0 spiro atoms. The molecular formula is C14H15N3S2. The highest BCUT2D eigenvalue weighted by Crippen LogP contribution is 2.40. The molecule has 2 unspecified atom stereocenters. The summed E-state index contributed by atoms with van der Waals surface area (Å²) in [7, 11) is 2.04. The third-order valence-corrected chi connectivity index (χ3v) is 5.00. The average molecular weight is 289 g/mol. The largest absolute Gasteiger partial charge is 0.352 e. The predicted octanol–water partition coefficient (Wildman–Crippen LogP) is 3.05. The van der Waals surface area contributed by atoms with Crippen molar-refractivity contribution < 1.29 is 0 Å². The Morgan fingerprint density at radius 3 is 2.84 bits per heavy atom. The van der Waals surface area contributed by atoms with E-state index in [1.54, 1.807) is 11.3 Å². The van der Waals surface area contributed by atoms with Gasteiger partial charge in [-0.2, -0.15) is 0 Å². The maximum absolute atomic E-state index is 5.40. The van der Waals surface area contributed by atoms with E-state index in [1.165, 1.54) is 10.4 Å². The van der Waals surface area contributed by atoms with Gasteiger partial charge in [-0.25, -0.2) is 0 Å². The van der Waals surface area contributed by atoms with Gasteiger partial charge in [-0.3, -0.25) is 4.98 Å². The molecule has 1 fully saturated rings. The van der Waals surface area contributed by atoms with Crippen LogP contribution in [-0.2, 0) is 0 Å². The Kier molecular flexibility index (Phi) is 3.24. The van der Waals surface area contributed by atoms with E-state index in [4.69, 9.17) is 12.2 Å². The van der Waals surface area contributed by atoms with E-state index < -0.39 is 0 Å². The Labute approximate surface area is 122 Å². The smallest absolute Gasteiger partial charge is 0.169 e. The van der Waals surface area contributed by atoms with Gasteiger partial charge in [0.2, 0.25) is 0 Å². The molecule has 2 atom stereocenters. The second kappa shape index (κ2) is 4.90. The van der Waals surface area contributed by atoms with E-state index in [9.17, 15) is 0 Å². The number of rotatable bonds is 2. The first-order valence-electron chi connectivity index (χ1n) is 6.16. The lowest BCUT2D eigenvalue weighted by Gasteiger charge is -2.23. The lowest BCUT2D eigenvalue weighted by Crippen LogP contribution is -2.24. The van der Waals surface area contributed by atoms with E-state index in [0.717, 1.165) is 10.8 Å². The monoisotopic (exact) mass is 289 g/mol. The number of aryl methyl sites for hydroxylation is 1. The van der Waals surface area contributed by atoms with Gasteiger partial charge in [0.05, 0.1) is 17.8 Å². The van der Waals surface area contributed by atoms with Crippen molar-refractivity contribution in [3.63, 3.8) is 0 Å². The summed E-state index contributed by atoms with van der Waals surface area (Å²) in [5, 5.41) is 6.31. The molecule has 0 bridgehead atoms. The number of hydrogen-bond acceptors (Lipinski definition) is 3. The van der Waals surface area contributed by atoms with Crippen LogP contribution in [0.25, 0.3) is 0 Å². The van der Waals surface area contributed by atoms with Gasteiger partial charge in [0.1, 0.15) is 0 Å². The topological polar surface area (TPSA) is 28.2 Å². The summed E-state index contributed by atoms with van der Waals surface area (Å²) in [6.07, 6.45) is 1.83. The number of hydrogen-bond donors (Lipinski definition) is 1. The number of nitrogens with zero attached hydrogens (tertiary/aromatic N) is 2. The van der Waals surface area contributed by atoms with Crippen molar-refractivity contribution in [3.8, 4) is 0 Å². The molecule has 0 aliphatic carbocycles. The lowest BCUT2D eigenvalue weighted by atomic mass is 10.0. The summed E-state index contributed by atoms with van der Waals surface area (Å²) in [6, 6.07) is 8.51. The molecule has 1 N–H and O–H groups in total. The summed E-state index contributed by atoms with van der Waals surface area (Å²) in [6.45, 7) is 2.15. The van der Waals surface area contributed by atoms with Gasteiger partial charge in [-0.15, -0.1) is 11.3 Å². The fraction of sp³-hybridized carbons (Fsp3) is 0.286. The molecule has 0 saturated carbocycles. The van der Waals surface area contributed by atoms with Crippen molar-refractivity contribution in [2.24, 2.45) is 0 Å². The minimum Gasteiger partial charge on any atom is -0.352 e. The van der Waals surface area contributed by atoms with Gasteiger partial charge >= 0.3 is 0 Å². The molecule has 0 amide bonds. The Morgan fingerprint density at radius 1 is 1.37 bits per heavy atom. The standard InChI is InChI=1S/C14H15N3S2/c1-9-6-8-19-13(9)12-11(16-14(18)17(12)2)10-5-3-4-7-15-10/h3-8,11-12H,1-2H3,(H,16,18). The molecule has 3 rings (SSSR count). The maximum atomic E-state index is 5.40. The molecule has 3 nitrogen and oxygen atoms in total. The van der Waals surface area contributed by atoms with Gasteiger partial charge in [0.15, 0.2) is 5.11 Å². The van der Waals surface area contributed by atoms with Crippen LogP contribution in [0.1, 0.15) is 28.2 Å². The van der Waals surface area contributed by atoms with Crippen LogP contribution in [0.15, 0.2) is 35.8 Å². The van der Waals surface area contributed by atoms with E-state index in [0.29, 0.717) is 0 Å². The molecule has 3 heterocycles. The zero-order chi connectivity index (χ0) is 13.4. The van der Waals surface area contributed by atoms with Crippen molar-refractivity contribution in [3.05, 3.63) is 52.0 Å². The number of thiophene rings is 1. The molecule has 0 radical (unpaired) electrons. The normalized spacial score (nSPS) is 22.6. The molecule has 98 valence electrons. The third kappa shape index (κ3) is 2.13. The van der Waals surface area contributed by atoms with Gasteiger partial charge in [-0.1, -0.05) is 6.07 Å². The summed E-state index contributed by atoms with van der Waals surface area (Å²) in [5.41, 5.74) is 2.35. The van der Waals surface area contributed by atoms with Gasteiger partial charge in [-0.05, 0) is 48.3 Å². The Balaban J connectivity index is 2.04. The molecule has 1 aliphatic heterocycles. The highest BCUT2D eigenvalue weighted by atomic mass is 32.1. The van der Waals surface area contributed by atoms with Crippen molar-refractivity contribution >= 4 is 28.7 Å². The van der Waals surface area contributed by atoms with Crippen LogP contribution >= 0.6 is 23.6 Å². The molecule has 1 saturated heterocycles. The average Bonchev–Trinajstić information content (AvgIpc) is 2.96. The molecule has 2 aromatic heterocycles. The van der Waals surface area contributed by atoms with Crippen LogP contribution in [0.2, 0.25) is 0 Å². The summed E-state index contributed by atoms with van der Waals surface area (Å²) < 4.78 is 0. The highest BCUT2D eigenvalue weighted by Gasteiger charge is 2.38. The zero-order valence-electron chi connectivity index (χ0n) is 10.8. The Hall–Kier alpha value is -1.46. The van der Waals surface area contributed by atoms with Gasteiger partial charge in [0.25, 0.3) is 0 Å². The van der Waals surface area contributed by atoms with Crippen LogP contribution < -0.4 is 5.32 Å². The summed E-state index contributed by atoms with van der Waals surface area (Å²) in [5.74, 6) is 0. The molecule has 1 aliphatic rings. The lowest BCUT2D eigenvalue weighted by molar-refractivity contribution is 0.373. The van der Waals surface area contributed by atoms with E-state index in [1.807, 2.05) is 25.4 Å². The Morgan fingerprint density at radius 2 is 2.21 bits per heavy atom. The number of aromatic nitrogens is 1. The van der Waals surface area contributed by atoms with Crippen LogP contribution in [0.4, 0.5) is 0 Å². The quantitative estimate of drug-likeness (QED) is 0.860. The fourth-order valence-corrected chi connectivity index (χ4v) is 3.82. The van der Waals surface area contributed by atoms with E-state index in [2.05, 4.69) is 39.6 Å². The molecule has 0 aromatic carbocycles. The molecule has 19 heavy (non-hydrogen) atoms. The Bertz CT molecular complexity index is 594. The van der Waals surface area contributed by atoms with Crippen LogP contribution in [0.5, 0.6) is 0 Å². The van der Waals surface area contributed by atoms with Crippen molar-refractivity contribution in [2.45, 2.75) is 19.0 Å². The van der Waals surface area contributed by atoms with E-state index >= 15 is 0 Å². The number of nitrogens with one attached hydrogen (secondary N) is 1. The zero-order valence-corrected chi connectivity index (χ0v) is 12.5.